The summed E-state index contributed by atoms with van der Waals surface area (Å²) in [6, 6.07) is 15.3. The third-order valence-corrected chi connectivity index (χ3v) is 4.01. The normalized spacial score (nSPS) is 11.9. The minimum Gasteiger partial charge on any atom is -0.399 e. The molecule has 0 radical (unpaired) electrons. The van der Waals surface area contributed by atoms with Crippen molar-refractivity contribution in [2.75, 3.05) is 5.73 Å². The third-order valence-electron chi connectivity index (χ3n) is 3.32. The summed E-state index contributed by atoms with van der Waals surface area (Å²) < 4.78 is 0.748. The SMILES string of the molecule is CCCC(NC(=O)c1cc(N)ccc1Br)c1ccccc1. The van der Waals surface area contributed by atoms with Crippen LogP contribution in [0.5, 0.6) is 0 Å². The molecule has 0 fully saturated rings. The van der Waals surface area contributed by atoms with Crippen LogP contribution in [0.25, 0.3) is 0 Å². The van der Waals surface area contributed by atoms with Gasteiger partial charge in [-0.2, -0.15) is 0 Å². The summed E-state index contributed by atoms with van der Waals surface area (Å²) in [5.74, 6) is -0.114. The van der Waals surface area contributed by atoms with E-state index in [1.807, 2.05) is 30.3 Å². The fourth-order valence-electron chi connectivity index (χ4n) is 2.25. The Morgan fingerprint density at radius 1 is 1.24 bits per heavy atom. The van der Waals surface area contributed by atoms with E-state index in [2.05, 4.69) is 28.2 Å². The molecule has 0 aliphatic carbocycles. The molecular weight excluding hydrogens is 328 g/mol. The molecule has 2 aromatic rings. The molecule has 0 heterocycles. The highest BCUT2D eigenvalue weighted by Gasteiger charge is 2.16. The number of hydrogen-bond donors (Lipinski definition) is 2. The van der Waals surface area contributed by atoms with Crippen molar-refractivity contribution in [2.45, 2.75) is 25.8 Å². The van der Waals surface area contributed by atoms with Crippen LogP contribution in [0.3, 0.4) is 0 Å². The Bertz CT molecular complexity index is 613. The number of rotatable bonds is 5. The third kappa shape index (κ3) is 4.08. The second-order valence-corrected chi connectivity index (χ2v) is 5.82. The molecule has 21 heavy (non-hydrogen) atoms. The standard InChI is InChI=1S/C17H19BrN2O/c1-2-6-16(12-7-4-3-5-8-12)20-17(21)14-11-13(19)9-10-15(14)18/h3-5,7-11,16H,2,6,19H2,1H3,(H,20,21). The van der Waals surface area contributed by atoms with Crippen LogP contribution in [-0.4, -0.2) is 5.91 Å². The number of carbonyl (C=O) groups is 1. The van der Waals surface area contributed by atoms with Crippen molar-refractivity contribution in [3.63, 3.8) is 0 Å². The summed E-state index contributed by atoms with van der Waals surface area (Å²) in [5.41, 5.74) is 8.02. The number of benzene rings is 2. The van der Waals surface area contributed by atoms with Crippen LogP contribution < -0.4 is 11.1 Å². The van der Waals surface area contributed by atoms with E-state index in [9.17, 15) is 4.79 Å². The molecule has 0 aromatic heterocycles. The van der Waals surface area contributed by atoms with E-state index in [-0.39, 0.29) is 11.9 Å². The minimum absolute atomic E-state index is 0.0111. The van der Waals surface area contributed by atoms with Gasteiger partial charge in [-0.25, -0.2) is 0 Å². The van der Waals surface area contributed by atoms with Crippen LogP contribution in [-0.2, 0) is 0 Å². The minimum atomic E-state index is -0.114. The zero-order valence-electron chi connectivity index (χ0n) is 12.0. The summed E-state index contributed by atoms with van der Waals surface area (Å²) in [7, 11) is 0. The van der Waals surface area contributed by atoms with E-state index in [1.165, 1.54) is 0 Å². The van der Waals surface area contributed by atoms with Crippen molar-refractivity contribution < 1.29 is 4.79 Å². The molecule has 1 atom stereocenters. The van der Waals surface area contributed by atoms with Crippen LogP contribution in [0.15, 0.2) is 53.0 Å². The van der Waals surface area contributed by atoms with E-state index in [0.717, 1.165) is 22.9 Å². The molecule has 1 amide bonds. The molecule has 110 valence electrons. The van der Waals surface area contributed by atoms with Crippen LogP contribution in [0.2, 0.25) is 0 Å². The molecule has 1 unspecified atom stereocenters. The highest BCUT2D eigenvalue weighted by Crippen LogP contribution is 2.23. The molecule has 2 aromatic carbocycles. The maximum atomic E-state index is 12.5. The van der Waals surface area contributed by atoms with Gasteiger partial charge in [-0.15, -0.1) is 0 Å². The van der Waals surface area contributed by atoms with Gasteiger partial charge >= 0.3 is 0 Å². The van der Waals surface area contributed by atoms with Crippen molar-refractivity contribution in [1.29, 1.82) is 0 Å². The van der Waals surface area contributed by atoms with Gasteiger partial charge in [-0.1, -0.05) is 43.7 Å². The van der Waals surface area contributed by atoms with E-state index in [1.54, 1.807) is 18.2 Å². The first kappa shape index (κ1) is 15.6. The van der Waals surface area contributed by atoms with Gasteiger partial charge in [0.25, 0.3) is 5.91 Å². The van der Waals surface area contributed by atoms with Gasteiger partial charge in [0.2, 0.25) is 0 Å². The second-order valence-electron chi connectivity index (χ2n) is 4.96. The summed E-state index contributed by atoms with van der Waals surface area (Å²) in [5, 5.41) is 3.09. The molecule has 0 aliphatic rings. The first-order chi connectivity index (χ1) is 10.1. The molecule has 0 spiro atoms. The van der Waals surface area contributed by atoms with Crippen LogP contribution in [0, 0.1) is 0 Å². The predicted molar refractivity (Wildman–Crippen MR) is 90.1 cm³/mol. The topological polar surface area (TPSA) is 55.1 Å². The predicted octanol–water partition coefficient (Wildman–Crippen LogP) is 4.30. The lowest BCUT2D eigenvalue weighted by molar-refractivity contribution is 0.0933. The Kier molecular flexibility index (Phi) is 5.39. The first-order valence-electron chi connectivity index (χ1n) is 7.02. The van der Waals surface area contributed by atoms with Crippen molar-refractivity contribution >= 4 is 27.5 Å². The van der Waals surface area contributed by atoms with E-state index in [0.29, 0.717) is 11.3 Å². The average molecular weight is 347 g/mol. The summed E-state index contributed by atoms with van der Waals surface area (Å²) in [6.45, 7) is 2.11. The van der Waals surface area contributed by atoms with Crippen molar-refractivity contribution in [1.82, 2.24) is 5.32 Å². The molecule has 0 aliphatic heterocycles. The number of nitrogens with two attached hydrogens (primary N) is 1. The summed E-state index contributed by atoms with van der Waals surface area (Å²) in [4.78, 5) is 12.5. The number of nitrogen functional groups attached to an aromatic ring is 1. The quantitative estimate of drug-likeness (QED) is 0.792. The smallest absolute Gasteiger partial charge is 0.252 e. The number of halogens is 1. The van der Waals surface area contributed by atoms with Crippen molar-refractivity contribution in [3.8, 4) is 0 Å². The lowest BCUT2D eigenvalue weighted by Crippen LogP contribution is -2.28. The van der Waals surface area contributed by atoms with Crippen LogP contribution in [0.4, 0.5) is 5.69 Å². The van der Waals surface area contributed by atoms with Crippen LogP contribution in [0.1, 0.15) is 41.7 Å². The van der Waals surface area contributed by atoms with Gasteiger partial charge in [-0.05, 0) is 46.1 Å². The average Bonchev–Trinajstić information content (AvgIpc) is 2.50. The summed E-state index contributed by atoms with van der Waals surface area (Å²) >= 11 is 3.40. The molecule has 0 saturated carbocycles. The van der Waals surface area contributed by atoms with Crippen LogP contribution >= 0.6 is 15.9 Å². The fraction of sp³-hybridized carbons (Fsp3) is 0.235. The zero-order chi connectivity index (χ0) is 15.2. The summed E-state index contributed by atoms with van der Waals surface area (Å²) in [6.07, 6.45) is 1.90. The monoisotopic (exact) mass is 346 g/mol. The van der Waals surface area contributed by atoms with Gasteiger partial charge in [-0.3, -0.25) is 4.79 Å². The lowest BCUT2D eigenvalue weighted by Gasteiger charge is -2.19. The second kappa shape index (κ2) is 7.27. The maximum Gasteiger partial charge on any atom is 0.252 e. The highest BCUT2D eigenvalue weighted by atomic mass is 79.9. The number of carbonyl (C=O) groups excluding carboxylic acids is 1. The Hall–Kier alpha value is -1.81. The number of nitrogens with one attached hydrogen (secondary N) is 1. The Labute approximate surface area is 133 Å². The number of amides is 1. The van der Waals surface area contributed by atoms with Gasteiger partial charge in [0, 0.05) is 10.2 Å². The molecule has 3 N–H and O–H groups in total. The van der Waals surface area contributed by atoms with E-state index in [4.69, 9.17) is 5.73 Å². The molecule has 2 rings (SSSR count). The van der Waals surface area contributed by atoms with Gasteiger partial charge in [0.15, 0.2) is 0 Å². The van der Waals surface area contributed by atoms with Gasteiger partial charge in [0.1, 0.15) is 0 Å². The largest absolute Gasteiger partial charge is 0.399 e. The zero-order valence-corrected chi connectivity index (χ0v) is 13.6. The molecule has 4 heteroatoms. The van der Waals surface area contributed by atoms with E-state index >= 15 is 0 Å². The fourth-order valence-corrected chi connectivity index (χ4v) is 2.68. The number of anilines is 1. The Morgan fingerprint density at radius 2 is 1.95 bits per heavy atom. The van der Waals surface area contributed by atoms with Crippen molar-refractivity contribution in [3.05, 3.63) is 64.1 Å². The van der Waals surface area contributed by atoms with Gasteiger partial charge < -0.3 is 11.1 Å². The lowest BCUT2D eigenvalue weighted by atomic mass is 10.0. The van der Waals surface area contributed by atoms with Crippen molar-refractivity contribution in [2.24, 2.45) is 0 Å². The Morgan fingerprint density at radius 3 is 2.62 bits per heavy atom. The first-order valence-corrected chi connectivity index (χ1v) is 7.82. The highest BCUT2D eigenvalue weighted by molar-refractivity contribution is 9.10. The molecular formula is C17H19BrN2O. The van der Waals surface area contributed by atoms with Gasteiger partial charge in [0.05, 0.1) is 11.6 Å². The Balaban J connectivity index is 2.20. The molecule has 0 bridgehead atoms. The molecule has 3 nitrogen and oxygen atoms in total. The molecule has 0 saturated heterocycles. The van der Waals surface area contributed by atoms with E-state index < -0.39 is 0 Å². The maximum absolute atomic E-state index is 12.5. The number of hydrogen-bond acceptors (Lipinski definition) is 2.